The summed E-state index contributed by atoms with van der Waals surface area (Å²) in [5.74, 6) is 2.68. The van der Waals surface area contributed by atoms with E-state index in [9.17, 15) is 4.79 Å². The lowest BCUT2D eigenvalue weighted by molar-refractivity contribution is 0.102. The first kappa shape index (κ1) is 17.1. The lowest BCUT2D eigenvalue weighted by atomic mass is 9.84. The summed E-state index contributed by atoms with van der Waals surface area (Å²) < 4.78 is 5.47. The standard InChI is InChI=1S/C17H26O2S/c1-7-8-20-11-15(18)13-10-14(17(3,4)5)16(19-6)9-12(13)2/h9-10H,7-8,11H2,1-6H3. The zero-order chi connectivity index (χ0) is 15.3. The van der Waals surface area contributed by atoms with Crippen LogP contribution >= 0.6 is 11.8 Å². The number of Topliss-reactive ketones (excluding diaryl/α,β-unsaturated/α-hetero) is 1. The van der Waals surface area contributed by atoms with Gasteiger partial charge < -0.3 is 4.74 Å². The molecule has 0 N–H and O–H groups in total. The summed E-state index contributed by atoms with van der Waals surface area (Å²) in [6.45, 7) is 10.5. The van der Waals surface area contributed by atoms with Crippen molar-refractivity contribution in [3.63, 3.8) is 0 Å². The third-order valence-electron chi connectivity index (χ3n) is 3.24. The highest BCUT2D eigenvalue weighted by molar-refractivity contribution is 7.99. The lowest BCUT2D eigenvalue weighted by Gasteiger charge is -2.23. The van der Waals surface area contributed by atoms with Gasteiger partial charge in [0.25, 0.3) is 0 Å². The van der Waals surface area contributed by atoms with Crippen molar-refractivity contribution in [2.24, 2.45) is 0 Å². The normalized spacial score (nSPS) is 11.5. The Balaban J connectivity index is 3.11. The van der Waals surface area contributed by atoms with Gasteiger partial charge in [0.1, 0.15) is 5.75 Å². The van der Waals surface area contributed by atoms with Crippen LogP contribution in [-0.2, 0) is 5.41 Å². The SMILES string of the molecule is CCCSCC(=O)c1cc(C(C)(C)C)c(OC)cc1C. The predicted molar refractivity (Wildman–Crippen MR) is 88.4 cm³/mol. The number of carbonyl (C=O) groups excluding carboxylic acids is 1. The van der Waals surface area contributed by atoms with Crippen LogP contribution in [0.2, 0.25) is 0 Å². The zero-order valence-corrected chi connectivity index (χ0v) is 14.3. The molecule has 1 aromatic carbocycles. The van der Waals surface area contributed by atoms with Crippen molar-refractivity contribution >= 4 is 17.5 Å². The molecule has 0 aliphatic heterocycles. The summed E-state index contributed by atoms with van der Waals surface area (Å²) in [5, 5.41) is 0. The van der Waals surface area contributed by atoms with Crippen LogP contribution in [0.3, 0.4) is 0 Å². The number of methoxy groups -OCH3 is 1. The molecule has 0 atom stereocenters. The molecular formula is C17H26O2S. The predicted octanol–water partition coefficient (Wildman–Crippen LogP) is 4.63. The number of rotatable bonds is 6. The van der Waals surface area contributed by atoms with Crippen molar-refractivity contribution in [3.8, 4) is 5.75 Å². The van der Waals surface area contributed by atoms with E-state index in [0.29, 0.717) is 5.75 Å². The topological polar surface area (TPSA) is 26.3 Å². The van der Waals surface area contributed by atoms with E-state index in [1.54, 1.807) is 18.9 Å². The second-order valence-corrected chi connectivity index (χ2v) is 7.20. The number of carbonyl (C=O) groups is 1. The van der Waals surface area contributed by atoms with Gasteiger partial charge in [-0.05, 0) is 42.2 Å². The van der Waals surface area contributed by atoms with Crippen molar-refractivity contribution in [2.45, 2.75) is 46.5 Å². The molecule has 0 aliphatic rings. The number of benzene rings is 1. The van der Waals surface area contributed by atoms with Crippen LogP contribution in [0.5, 0.6) is 5.75 Å². The van der Waals surface area contributed by atoms with Crippen molar-refractivity contribution < 1.29 is 9.53 Å². The summed E-state index contributed by atoms with van der Waals surface area (Å²) in [7, 11) is 1.68. The molecule has 0 unspecified atom stereocenters. The van der Waals surface area contributed by atoms with Crippen molar-refractivity contribution in [3.05, 3.63) is 28.8 Å². The minimum absolute atomic E-state index is 0.0371. The van der Waals surface area contributed by atoms with Gasteiger partial charge in [-0.2, -0.15) is 11.8 Å². The molecule has 1 rings (SSSR count). The van der Waals surface area contributed by atoms with Gasteiger partial charge in [-0.25, -0.2) is 0 Å². The van der Waals surface area contributed by atoms with Gasteiger partial charge in [0.05, 0.1) is 12.9 Å². The van der Waals surface area contributed by atoms with Gasteiger partial charge in [-0.1, -0.05) is 27.7 Å². The first-order valence-electron chi connectivity index (χ1n) is 7.11. The molecule has 0 saturated carbocycles. The Labute approximate surface area is 127 Å². The number of hydrogen-bond acceptors (Lipinski definition) is 3. The number of hydrogen-bond donors (Lipinski definition) is 0. The van der Waals surface area contributed by atoms with E-state index in [0.717, 1.165) is 34.6 Å². The van der Waals surface area contributed by atoms with E-state index >= 15 is 0 Å². The molecule has 0 heterocycles. The van der Waals surface area contributed by atoms with E-state index < -0.39 is 0 Å². The van der Waals surface area contributed by atoms with Gasteiger partial charge >= 0.3 is 0 Å². The van der Waals surface area contributed by atoms with Gasteiger partial charge in [0.15, 0.2) is 5.78 Å². The van der Waals surface area contributed by atoms with Crippen LogP contribution in [0, 0.1) is 6.92 Å². The smallest absolute Gasteiger partial charge is 0.172 e. The molecule has 0 spiro atoms. The van der Waals surface area contributed by atoms with Gasteiger partial charge in [-0.15, -0.1) is 0 Å². The summed E-state index contributed by atoms with van der Waals surface area (Å²) >= 11 is 1.71. The first-order valence-corrected chi connectivity index (χ1v) is 8.26. The molecule has 0 amide bonds. The molecule has 0 aliphatic carbocycles. The van der Waals surface area contributed by atoms with E-state index in [-0.39, 0.29) is 11.2 Å². The largest absolute Gasteiger partial charge is 0.496 e. The van der Waals surface area contributed by atoms with Gasteiger partial charge in [-0.3, -0.25) is 4.79 Å². The van der Waals surface area contributed by atoms with E-state index in [2.05, 4.69) is 27.7 Å². The van der Waals surface area contributed by atoms with Crippen LogP contribution in [0.1, 0.15) is 55.6 Å². The summed E-state index contributed by atoms with van der Waals surface area (Å²) in [6.07, 6.45) is 1.10. The minimum atomic E-state index is -0.0371. The number of ketones is 1. The quantitative estimate of drug-likeness (QED) is 0.565. The van der Waals surface area contributed by atoms with Gasteiger partial charge in [0.2, 0.25) is 0 Å². The number of ether oxygens (including phenoxy) is 1. The first-order chi connectivity index (χ1) is 9.31. The Hall–Kier alpha value is -0.960. The minimum Gasteiger partial charge on any atom is -0.496 e. The summed E-state index contributed by atoms with van der Waals surface area (Å²) in [6, 6.07) is 4.00. The Morgan fingerprint density at radius 3 is 2.45 bits per heavy atom. The average Bonchev–Trinajstić information content (AvgIpc) is 2.36. The Morgan fingerprint density at radius 2 is 1.95 bits per heavy atom. The molecule has 20 heavy (non-hydrogen) atoms. The number of aryl methyl sites for hydroxylation is 1. The van der Waals surface area contributed by atoms with E-state index in [1.807, 2.05) is 19.1 Å². The van der Waals surface area contributed by atoms with Crippen molar-refractivity contribution in [1.82, 2.24) is 0 Å². The highest BCUT2D eigenvalue weighted by atomic mass is 32.2. The van der Waals surface area contributed by atoms with E-state index in [1.165, 1.54) is 0 Å². The summed E-state index contributed by atoms with van der Waals surface area (Å²) in [5.41, 5.74) is 2.88. The monoisotopic (exact) mass is 294 g/mol. The summed E-state index contributed by atoms with van der Waals surface area (Å²) in [4.78, 5) is 12.4. The number of thioether (sulfide) groups is 1. The third kappa shape index (κ3) is 4.27. The van der Waals surface area contributed by atoms with Gasteiger partial charge in [0, 0.05) is 11.1 Å². The molecule has 112 valence electrons. The molecule has 0 bridgehead atoms. The van der Waals surface area contributed by atoms with E-state index in [4.69, 9.17) is 4.74 Å². The van der Waals surface area contributed by atoms with Crippen LogP contribution in [0.25, 0.3) is 0 Å². The van der Waals surface area contributed by atoms with Crippen LogP contribution in [-0.4, -0.2) is 24.4 Å². The average molecular weight is 294 g/mol. The molecule has 0 radical (unpaired) electrons. The molecule has 3 heteroatoms. The Bertz CT molecular complexity index is 473. The maximum atomic E-state index is 12.4. The molecule has 0 saturated heterocycles. The van der Waals surface area contributed by atoms with Crippen molar-refractivity contribution in [1.29, 1.82) is 0 Å². The fourth-order valence-electron chi connectivity index (χ4n) is 2.12. The second-order valence-electron chi connectivity index (χ2n) is 6.09. The molecule has 1 aromatic rings. The Morgan fingerprint density at radius 1 is 1.30 bits per heavy atom. The van der Waals surface area contributed by atoms with Crippen LogP contribution in [0.15, 0.2) is 12.1 Å². The highest BCUT2D eigenvalue weighted by Gasteiger charge is 2.22. The highest BCUT2D eigenvalue weighted by Crippen LogP contribution is 2.34. The fourth-order valence-corrected chi connectivity index (χ4v) is 2.90. The maximum absolute atomic E-state index is 12.4. The molecule has 0 fully saturated rings. The molecular weight excluding hydrogens is 268 g/mol. The fraction of sp³-hybridized carbons (Fsp3) is 0.588. The second kappa shape index (κ2) is 7.16. The molecule has 2 nitrogen and oxygen atoms in total. The van der Waals surface area contributed by atoms with Crippen LogP contribution in [0.4, 0.5) is 0 Å². The van der Waals surface area contributed by atoms with Crippen molar-refractivity contribution in [2.75, 3.05) is 18.6 Å². The zero-order valence-electron chi connectivity index (χ0n) is 13.5. The van der Waals surface area contributed by atoms with Crippen LogP contribution < -0.4 is 4.74 Å². The Kier molecular flexibility index (Phi) is 6.12. The molecule has 0 aromatic heterocycles. The maximum Gasteiger partial charge on any atom is 0.172 e. The third-order valence-corrected chi connectivity index (χ3v) is 4.40. The lowest BCUT2D eigenvalue weighted by Crippen LogP contribution is -2.16.